The second-order valence-corrected chi connectivity index (χ2v) is 11.5. The molecule has 40 heavy (non-hydrogen) atoms. The summed E-state index contributed by atoms with van der Waals surface area (Å²) in [7, 11) is 0. The molecular weight excluding hydrogens is 586 g/mol. The number of aromatic nitrogens is 2. The number of halogens is 1. The van der Waals surface area contributed by atoms with Crippen molar-refractivity contribution in [2.24, 2.45) is 0 Å². The Balaban J connectivity index is 1.32. The standard InChI is InChI=1S/C32H16BrN3O3S/c33-17-12-14-22-27(16-17)37-26-15-13-19(32-35-21-8-2-4-11-25(21)39-32)30-28(26)36(22)23-9-5-6-18(29(23)40-30)31-34-20-7-1-3-10-24(20)38-31/h1-16H. The maximum absolute atomic E-state index is 6.46. The van der Waals surface area contributed by atoms with Gasteiger partial charge in [-0.2, -0.15) is 0 Å². The molecule has 6 nitrogen and oxygen atoms in total. The SMILES string of the molecule is Brc1ccc2c(c1)Oc1ccc(-c3nc4ccccc4o3)c3c1N2c1cccc(-c2nc4ccccc4o2)c1S3. The van der Waals surface area contributed by atoms with Gasteiger partial charge in [-0.3, -0.25) is 0 Å². The van der Waals surface area contributed by atoms with Crippen LogP contribution in [-0.4, -0.2) is 9.97 Å². The molecule has 0 spiro atoms. The van der Waals surface area contributed by atoms with E-state index in [9.17, 15) is 0 Å². The third-order valence-corrected chi connectivity index (χ3v) is 8.93. The van der Waals surface area contributed by atoms with E-state index < -0.39 is 0 Å². The molecule has 2 aromatic heterocycles. The Morgan fingerprint density at radius 2 is 1.32 bits per heavy atom. The van der Waals surface area contributed by atoms with Crippen LogP contribution in [0.25, 0.3) is 45.1 Å². The number of rotatable bonds is 2. The fraction of sp³-hybridized carbons (Fsp3) is 0. The van der Waals surface area contributed by atoms with Gasteiger partial charge in [-0.25, -0.2) is 9.97 Å². The Morgan fingerprint density at radius 1 is 0.625 bits per heavy atom. The smallest absolute Gasteiger partial charge is 0.228 e. The zero-order chi connectivity index (χ0) is 26.4. The molecule has 0 aliphatic carbocycles. The van der Waals surface area contributed by atoms with E-state index in [-0.39, 0.29) is 0 Å². The Bertz CT molecular complexity index is 2100. The number of oxazole rings is 2. The second-order valence-electron chi connectivity index (χ2n) is 9.57. The third kappa shape index (κ3) is 3.17. The molecule has 0 atom stereocenters. The molecule has 5 aromatic carbocycles. The van der Waals surface area contributed by atoms with Crippen LogP contribution in [0, 0.1) is 0 Å². The molecule has 0 radical (unpaired) electrons. The fourth-order valence-electron chi connectivity index (χ4n) is 5.42. The van der Waals surface area contributed by atoms with Crippen LogP contribution in [0.2, 0.25) is 0 Å². The molecule has 4 heterocycles. The molecular formula is C32H16BrN3O3S. The maximum atomic E-state index is 6.46. The summed E-state index contributed by atoms with van der Waals surface area (Å²) in [6, 6.07) is 32.0. The lowest BCUT2D eigenvalue weighted by Crippen LogP contribution is -2.20. The second kappa shape index (κ2) is 8.24. The third-order valence-electron chi connectivity index (χ3n) is 7.19. The molecule has 2 aliphatic heterocycles. The highest BCUT2D eigenvalue weighted by Gasteiger charge is 2.37. The lowest BCUT2D eigenvalue weighted by molar-refractivity contribution is 0.474. The van der Waals surface area contributed by atoms with Gasteiger partial charge in [-0.05, 0) is 66.7 Å². The van der Waals surface area contributed by atoms with E-state index in [1.165, 1.54) is 0 Å². The number of ether oxygens (including phenoxy) is 1. The van der Waals surface area contributed by atoms with Crippen LogP contribution in [0.3, 0.4) is 0 Å². The van der Waals surface area contributed by atoms with Gasteiger partial charge in [0.05, 0.1) is 27.4 Å². The van der Waals surface area contributed by atoms with Crippen molar-refractivity contribution in [1.82, 2.24) is 9.97 Å². The summed E-state index contributed by atoms with van der Waals surface area (Å²) in [5.41, 5.74) is 7.90. The summed E-state index contributed by atoms with van der Waals surface area (Å²) in [5, 5.41) is 0. The van der Waals surface area contributed by atoms with Crippen molar-refractivity contribution in [3.63, 3.8) is 0 Å². The molecule has 0 saturated heterocycles. The Labute approximate surface area is 240 Å². The predicted octanol–water partition coefficient (Wildman–Crippen LogP) is 10.1. The first kappa shape index (κ1) is 22.3. The number of hydrogen-bond acceptors (Lipinski definition) is 7. The fourth-order valence-corrected chi connectivity index (χ4v) is 7.04. The van der Waals surface area contributed by atoms with E-state index in [1.807, 2.05) is 78.9 Å². The molecule has 190 valence electrons. The van der Waals surface area contributed by atoms with E-state index in [1.54, 1.807) is 11.8 Å². The van der Waals surface area contributed by atoms with Gasteiger partial charge in [0.15, 0.2) is 22.7 Å². The largest absolute Gasteiger partial charge is 0.453 e. The maximum Gasteiger partial charge on any atom is 0.228 e. The highest BCUT2D eigenvalue weighted by atomic mass is 79.9. The molecule has 0 N–H and O–H groups in total. The van der Waals surface area contributed by atoms with Crippen molar-refractivity contribution >= 4 is 67.0 Å². The van der Waals surface area contributed by atoms with Crippen molar-refractivity contribution < 1.29 is 13.6 Å². The Kier molecular flexibility index (Phi) is 4.59. The van der Waals surface area contributed by atoms with Crippen molar-refractivity contribution in [3.8, 4) is 34.4 Å². The first-order valence-corrected chi connectivity index (χ1v) is 14.3. The Morgan fingerprint density at radius 3 is 2.05 bits per heavy atom. The summed E-state index contributed by atoms with van der Waals surface area (Å²) in [6.45, 7) is 0. The first-order valence-electron chi connectivity index (χ1n) is 12.7. The van der Waals surface area contributed by atoms with E-state index in [2.05, 4.69) is 39.0 Å². The van der Waals surface area contributed by atoms with Crippen molar-refractivity contribution in [2.45, 2.75) is 9.79 Å². The summed E-state index contributed by atoms with van der Waals surface area (Å²) in [5.74, 6) is 2.69. The van der Waals surface area contributed by atoms with E-state index >= 15 is 0 Å². The lowest BCUT2D eigenvalue weighted by Gasteiger charge is -2.39. The van der Waals surface area contributed by atoms with Gasteiger partial charge >= 0.3 is 0 Å². The van der Waals surface area contributed by atoms with Crippen molar-refractivity contribution in [3.05, 3.63) is 102 Å². The highest BCUT2D eigenvalue weighted by Crippen LogP contribution is 2.63. The van der Waals surface area contributed by atoms with Crippen LogP contribution >= 0.6 is 27.7 Å². The monoisotopic (exact) mass is 601 g/mol. The minimum atomic E-state index is 0.566. The highest BCUT2D eigenvalue weighted by molar-refractivity contribution is 9.10. The van der Waals surface area contributed by atoms with Gasteiger partial charge < -0.3 is 18.5 Å². The molecule has 9 rings (SSSR count). The van der Waals surface area contributed by atoms with Crippen LogP contribution in [-0.2, 0) is 0 Å². The quantitative estimate of drug-likeness (QED) is 0.195. The summed E-state index contributed by atoms with van der Waals surface area (Å²) in [6.07, 6.45) is 0. The average Bonchev–Trinajstić information content (AvgIpc) is 3.61. The van der Waals surface area contributed by atoms with Gasteiger partial charge in [-0.1, -0.05) is 58.0 Å². The average molecular weight is 602 g/mol. The number of hydrogen-bond donors (Lipinski definition) is 0. The number of nitrogens with zero attached hydrogens (tertiary/aromatic N) is 3. The minimum absolute atomic E-state index is 0.566. The molecule has 8 heteroatoms. The lowest BCUT2D eigenvalue weighted by atomic mass is 10.1. The predicted molar refractivity (Wildman–Crippen MR) is 159 cm³/mol. The van der Waals surface area contributed by atoms with E-state index in [4.69, 9.17) is 23.5 Å². The number of anilines is 3. The van der Waals surface area contributed by atoms with Gasteiger partial charge in [-0.15, -0.1) is 0 Å². The molecule has 0 saturated carbocycles. The molecule has 0 amide bonds. The molecule has 2 aliphatic rings. The van der Waals surface area contributed by atoms with Crippen LogP contribution in [0.5, 0.6) is 11.5 Å². The van der Waals surface area contributed by atoms with Crippen molar-refractivity contribution in [2.75, 3.05) is 4.90 Å². The molecule has 7 aromatic rings. The van der Waals surface area contributed by atoms with Crippen LogP contribution in [0.15, 0.2) is 120 Å². The summed E-state index contributed by atoms with van der Waals surface area (Å²) in [4.78, 5) is 14.0. The number of benzene rings is 5. The zero-order valence-corrected chi connectivity index (χ0v) is 23.0. The van der Waals surface area contributed by atoms with Crippen molar-refractivity contribution in [1.29, 1.82) is 0 Å². The van der Waals surface area contributed by atoms with Gasteiger partial charge in [0.1, 0.15) is 16.7 Å². The molecule has 0 bridgehead atoms. The van der Waals surface area contributed by atoms with Gasteiger partial charge in [0, 0.05) is 9.37 Å². The Hall–Kier alpha value is -4.53. The van der Waals surface area contributed by atoms with E-state index in [0.29, 0.717) is 11.8 Å². The summed E-state index contributed by atoms with van der Waals surface area (Å²) < 4.78 is 19.9. The molecule has 0 fully saturated rings. The number of para-hydroxylation sites is 4. The van der Waals surface area contributed by atoms with Crippen LogP contribution in [0.4, 0.5) is 17.1 Å². The van der Waals surface area contributed by atoms with Gasteiger partial charge in [0.2, 0.25) is 11.8 Å². The van der Waals surface area contributed by atoms with Gasteiger partial charge in [0.25, 0.3) is 0 Å². The van der Waals surface area contributed by atoms with E-state index in [0.717, 1.165) is 76.2 Å². The summed E-state index contributed by atoms with van der Waals surface area (Å²) >= 11 is 5.27. The normalized spacial score (nSPS) is 13.2. The minimum Gasteiger partial charge on any atom is -0.453 e. The zero-order valence-electron chi connectivity index (χ0n) is 20.6. The van der Waals surface area contributed by atoms with Crippen LogP contribution in [0.1, 0.15) is 0 Å². The molecule has 0 unspecified atom stereocenters. The topological polar surface area (TPSA) is 64.5 Å². The first-order chi connectivity index (χ1) is 19.7. The van der Waals surface area contributed by atoms with Crippen LogP contribution < -0.4 is 9.64 Å². The number of fused-ring (bicyclic) bond motifs is 6.